The fourth-order valence-corrected chi connectivity index (χ4v) is 1.45. The van der Waals surface area contributed by atoms with Gasteiger partial charge in [0, 0.05) is 10.9 Å². The highest BCUT2D eigenvalue weighted by molar-refractivity contribution is 9.08. The number of rotatable bonds is 4. The average molecular weight is 316 g/mol. The molecule has 0 aliphatic carbocycles. The SMILES string of the molecule is COc1nc(CBr)cc(CO)c1OC(F)(F)F. The normalized spacial score (nSPS) is 11.4. The van der Waals surface area contributed by atoms with E-state index in [0.717, 1.165) is 0 Å². The number of aliphatic hydroxyl groups is 1. The minimum Gasteiger partial charge on any atom is -0.478 e. The van der Waals surface area contributed by atoms with Crippen LogP contribution in [0.25, 0.3) is 0 Å². The van der Waals surface area contributed by atoms with Crippen molar-refractivity contribution in [2.75, 3.05) is 7.11 Å². The minimum absolute atomic E-state index is 0.0383. The number of alkyl halides is 4. The highest BCUT2D eigenvalue weighted by atomic mass is 79.9. The van der Waals surface area contributed by atoms with Gasteiger partial charge in [0.15, 0.2) is 5.75 Å². The van der Waals surface area contributed by atoms with Gasteiger partial charge < -0.3 is 14.6 Å². The van der Waals surface area contributed by atoms with Crippen molar-refractivity contribution in [3.8, 4) is 11.6 Å². The van der Waals surface area contributed by atoms with Crippen LogP contribution in [0.5, 0.6) is 11.6 Å². The number of methoxy groups -OCH3 is 1. The summed E-state index contributed by atoms with van der Waals surface area (Å²) < 4.78 is 45.0. The Kier molecular flexibility index (Phi) is 4.58. The highest BCUT2D eigenvalue weighted by Crippen LogP contribution is 2.35. The predicted octanol–water partition coefficient (Wildman–Crippen LogP) is 2.38. The lowest BCUT2D eigenvalue weighted by Crippen LogP contribution is -2.19. The average Bonchev–Trinajstić information content (AvgIpc) is 2.27. The van der Waals surface area contributed by atoms with Crippen molar-refractivity contribution in [2.24, 2.45) is 0 Å². The van der Waals surface area contributed by atoms with Crippen LogP contribution in [0, 0.1) is 0 Å². The van der Waals surface area contributed by atoms with Gasteiger partial charge in [-0.15, -0.1) is 13.2 Å². The number of hydrogen-bond donors (Lipinski definition) is 1. The summed E-state index contributed by atoms with van der Waals surface area (Å²) in [5.41, 5.74) is 0.393. The summed E-state index contributed by atoms with van der Waals surface area (Å²) in [6, 6.07) is 1.30. The number of aromatic nitrogens is 1. The van der Waals surface area contributed by atoms with Gasteiger partial charge in [0.1, 0.15) is 0 Å². The van der Waals surface area contributed by atoms with E-state index >= 15 is 0 Å². The standard InChI is InChI=1S/C9H9BrF3NO3/c1-16-8-7(17-9(11,12)13)5(4-15)2-6(3-10)14-8/h2,15H,3-4H2,1H3. The van der Waals surface area contributed by atoms with Crippen LogP contribution < -0.4 is 9.47 Å². The topological polar surface area (TPSA) is 51.6 Å². The quantitative estimate of drug-likeness (QED) is 0.867. The molecule has 4 nitrogen and oxygen atoms in total. The van der Waals surface area contributed by atoms with Crippen LogP contribution in [0.3, 0.4) is 0 Å². The van der Waals surface area contributed by atoms with E-state index in [9.17, 15) is 13.2 Å². The molecule has 0 aliphatic rings. The second-order valence-electron chi connectivity index (χ2n) is 2.95. The van der Waals surface area contributed by atoms with Crippen LogP contribution in [-0.4, -0.2) is 23.6 Å². The second kappa shape index (κ2) is 5.54. The fourth-order valence-electron chi connectivity index (χ4n) is 1.17. The summed E-state index contributed by atoms with van der Waals surface area (Å²) in [6.07, 6.45) is -4.87. The monoisotopic (exact) mass is 315 g/mol. The molecule has 0 aliphatic heterocycles. The first-order valence-corrected chi connectivity index (χ1v) is 5.52. The summed E-state index contributed by atoms with van der Waals surface area (Å²) in [4.78, 5) is 3.80. The van der Waals surface area contributed by atoms with E-state index in [4.69, 9.17) is 9.84 Å². The van der Waals surface area contributed by atoms with E-state index in [1.54, 1.807) is 0 Å². The zero-order valence-electron chi connectivity index (χ0n) is 8.71. The molecule has 1 N–H and O–H groups in total. The lowest BCUT2D eigenvalue weighted by atomic mass is 10.2. The van der Waals surface area contributed by atoms with E-state index in [1.165, 1.54) is 13.2 Å². The van der Waals surface area contributed by atoms with Crippen molar-refractivity contribution in [1.29, 1.82) is 0 Å². The number of nitrogens with zero attached hydrogens (tertiary/aromatic N) is 1. The Morgan fingerprint density at radius 1 is 1.47 bits per heavy atom. The van der Waals surface area contributed by atoms with E-state index in [1.807, 2.05) is 0 Å². The van der Waals surface area contributed by atoms with Crippen LogP contribution >= 0.6 is 15.9 Å². The number of hydrogen-bond acceptors (Lipinski definition) is 4. The molecule has 0 unspecified atom stereocenters. The van der Waals surface area contributed by atoms with E-state index in [-0.39, 0.29) is 11.4 Å². The molecule has 8 heteroatoms. The second-order valence-corrected chi connectivity index (χ2v) is 3.51. The van der Waals surface area contributed by atoms with Crippen molar-refractivity contribution in [3.63, 3.8) is 0 Å². The first-order chi connectivity index (χ1) is 7.91. The predicted molar refractivity (Wildman–Crippen MR) is 56.0 cm³/mol. The molecular weight excluding hydrogens is 307 g/mol. The van der Waals surface area contributed by atoms with Gasteiger partial charge in [-0.2, -0.15) is 0 Å². The third kappa shape index (κ3) is 3.74. The molecule has 0 saturated heterocycles. The molecule has 1 aromatic heterocycles. The number of pyridine rings is 1. The largest absolute Gasteiger partial charge is 0.573 e. The highest BCUT2D eigenvalue weighted by Gasteiger charge is 2.34. The number of halogens is 4. The van der Waals surface area contributed by atoms with Gasteiger partial charge in [0.2, 0.25) is 0 Å². The third-order valence-electron chi connectivity index (χ3n) is 1.79. The van der Waals surface area contributed by atoms with Crippen molar-refractivity contribution < 1.29 is 27.8 Å². The molecule has 0 aromatic carbocycles. The van der Waals surface area contributed by atoms with Crippen LogP contribution in [0.4, 0.5) is 13.2 Å². The lowest BCUT2D eigenvalue weighted by Gasteiger charge is -2.15. The summed E-state index contributed by atoms with van der Waals surface area (Å²) >= 11 is 3.11. The molecule has 0 bridgehead atoms. The maximum atomic E-state index is 12.2. The summed E-state index contributed by atoms with van der Waals surface area (Å²) in [6.45, 7) is -0.607. The Labute approximate surface area is 103 Å². The third-order valence-corrected chi connectivity index (χ3v) is 2.36. The maximum absolute atomic E-state index is 12.2. The van der Waals surface area contributed by atoms with E-state index < -0.39 is 18.7 Å². The molecule has 0 spiro atoms. The lowest BCUT2D eigenvalue weighted by molar-refractivity contribution is -0.275. The van der Waals surface area contributed by atoms with Crippen molar-refractivity contribution in [1.82, 2.24) is 4.98 Å². The molecule has 0 fully saturated rings. The Hall–Kier alpha value is -1.02. The van der Waals surface area contributed by atoms with Crippen molar-refractivity contribution in [2.45, 2.75) is 18.3 Å². The molecule has 1 aromatic rings. The Bertz CT molecular complexity index is 373. The Morgan fingerprint density at radius 2 is 2.12 bits per heavy atom. The molecular formula is C9H9BrF3NO3. The summed E-state index contributed by atoms with van der Waals surface area (Å²) in [7, 11) is 1.17. The van der Waals surface area contributed by atoms with Gasteiger partial charge in [-0.05, 0) is 6.07 Å². The molecule has 96 valence electrons. The Morgan fingerprint density at radius 3 is 2.53 bits per heavy atom. The van der Waals surface area contributed by atoms with Gasteiger partial charge >= 0.3 is 6.36 Å². The van der Waals surface area contributed by atoms with E-state index in [2.05, 4.69) is 25.7 Å². The van der Waals surface area contributed by atoms with Gasteiger partial charge in [-0.3, -0.25) is 0 Å². The molecule has 0 atom stereocenters. The van der Waals surface area contributed by atoms with Crippen LogP contribution in [0.15, 0.2) is 6.07 Å². The fraction of sp³-hybridized carbons (Fsp3) is 0.444. The molecule has 0 radical (unpaired) electrons. The van der Waals surface area contributed by atoms with Crippen LogP contribution in [0.1, 0.15) is 11.3 Å². The smallest absolute Gasteiger partial charge is 0.478 e. The van der Waals surface area contributed by atoms with Crippen molar-refractivity contribution in [3.05, 3.63) is 17.3 Å². The van der Waals surface area contributed by atoms with E-state index in [0.29, 0.717) is 11.0 Å². The minimum atomic E-state index is -4.87. The van der Waals surface area contributed by atoms with Gasteiger partial charge in [0.25, 0.3) is 5.88 Å². The Balaban J connectivity index is 3.24. The molecule has 1 heterocycles. The first kappa shape index (κ1) is 14.0. The molecule has 17 heavy (non-hydrogen) atoms. The van der Waals surface area contributed by atoms with Gasteiger partial charge in [0.05, 0.1) is 19.4 Å². The molecule has 0 saturated carbocycles. The zero-order valence-corrected chi connectivity index (χ0v) is 10.3. The summed E-state index contributed by atoms with van der Waals surface area (Å²) in [5, 5.41) is 9.33. The van der Waals surface area contributed by atoms with Crippen LogP contribution in [0.2, 0.25) is 0 Å². The molecule has 1 rings (SSSR count). The summed E-state index contributed by atoms with van der Waals surface area (Å²) in [5.74, 6) is -0.935. The van der Waals surface area contributed by atoms with Crippen molar-refractivity contribution >= 4 is 15.9 Å². The number of ether oxygens (including phenoxy) is 2. The first-order valence-electron chi connectivity index (χ1n) is 4.40. The van der Waals surface area contributed by atoms with Crippen LogP contribution in [-0.2, 0) is 11.9 Å². The molecule has 0 amide bonds. The maximum Gasteiger partial charge on any atom is 0.573 e. The van der Waals surface area contributed by atoms with Gasteiger partial charge in [-0.25, -0.2) is 4.98 Å². The zero-order chi connectivity index (χ0) is 13.1. The number of aliphatic hydroxyl groups excluding tert-OH is 1. The van der Waals surface area contributed by atoms with Gasteiger partial charge in [-0.1, -0.05) is 15.9 Å².